The molecule has 2 aromatic rings. The van der Waals surface area contributed by atoms with E-state index in [9.17, 15) is 16.8 Å². The minimum atomic E-state index is -3.92. The van der Waals surface area contributed by atoms with Crippen molar-refractivity contribution in [3.63, 3.8) is 0 Å². The number of benzene rings is 1. The number of primary sulfonamides is 1. The van der Waals surface area contributed by atoms with Crippen LogP contribution in [0.3, 0.4) is 0 Å². The molecule has 0 unspecified atom stereocenters. The Labute approximate surface area is 129 Å². The number of furan rings is 1. The fourth-order valence-electron chi connectivity index (χ4n) is 1.96. The molecule has 1 aromatic heterocycles. The summed E-state index contributed by atoms with van der Waals surface area (Å²) in [6.07, 6.45) is 0. The van der Waals surface area contributed by atoms with Crippen molar-refractivity contribution in [1.82, 2.24) is 0 Å². The van der Waals surface area contributed by atoms with E-state index >= 15 is 0 Å². The Hall–Kier alpha value is -1.84. The van der Waals surface area contributed by atoms with Gasteiger partial charge in [0, 0.05) is 6.07 Å². The molecular formula is C13H16N2O5S2. The van der Waals surface area contributed by atoms with Crippen molar-refractivity contribution in [2.45, 2.75) is 30.6 Å². The molecule has 0 aliphatic heterocycles. The van der Waals surface area contributed by atoms with E-state index in [0.29, 0.717) is 11.3 Å². The lowest BCUT2D eigenvalue weighted by Crippen LogP contribution is -2.16. The van der Waals surface area contributed by atoms with Crippen LogP contribution in [0.2, 0.25) is 0 Å². The van der Waals surface area contributed by atoms with Gasteiger partial charge in [0.05, 0.1) is 10.6 Å². The Kier molecular flexibility index (Phi) is 4.07. The summed E-state index contributed by atoms with van der Waals surface area (Å²) in [6.45, 7) is 4.83. The lowest BCUT2D eigenvalue weighted by atomic mass is 10.2. The molecule has 0 spiro atoms. The second-order valence-electron chi connectivity index (χ2n) is 4.90. The average Bonchev–Trinajstić information content (AvgIpc) is 2.70. The van der Waals surface area contributed by atoms with Crippen molar-refractivity contribution in [2.24, 2.45) is 5.14 Å². The zero-order chi connectivity index (χ0) is 16.7. The minimum absolute atomic E-state index is 0.00501. The number of anilines is 1. The molecular weight excluding hydrogens is 328 g/mol. The van der Waals surface area contributed by atoms with Crippen molar-refractivity contribution in [3.05, 3.63) is 41.3 Å². The van der Waals surface area contributed by atoms with Crippen molar-refractivity contribution >= 4 is 25.7 Å². The highest BCUT2D eigenvalue weighted by molar-refractivity contribution is 7.92. The molecule has 0 radical (unpaired) electrons. The number of aryl methyl sites for hydroxylation is 3. The standard InChI is InChI=1S/C13H16N2O5S2/c1-8-4-5-11(21(14,16)17)7-12(8)15-22(18,19)13-6-9(2)20-10(13)3/h4-7,15H,1-3H3,(H2,14,16,17). The van der Waals surface area contributed by atoms with Gasteiger partial charge in [0.1, 0.15) is 16.4 Å². The molecule has 0 fully saturated rings. The van der Waals surface area contributed by atoms with E-state index < -0.39 is 20.0 Å². The van der Waals surface area contributed by atoms with Gasteiger partial charge in [-0.3, -0.25) is 4.72 Å². The van der Waals surface area contributed by atoms with Crippen molar-refractivity contribution in [3.8, 4) is 0 Å². The third-order valence-corrected chi connectivity index (χ3v) is 5.45. The van der Waals surface area contributed by atoms with Gasteiger partial charge in [0.25, 0.3) is 10.0 Å². The molecule has 0 saturated carbocycles. The van der Waals surface area contributed by atoms with E-state index in [1.165, 1.54) is 31.2 Å². The van der Waals surface area contributed by atoms with Gasteiger partial charge in [0.15, 0.2) is 0 Å². The smallest absolute Gasteiger partial charge is 0.265 e. The molecule has 9 heteroatoms. The Morgan fingerprint density at radius 3 is 2.18 bits per heavy atom. The maximum atomic E-state index is 12.4. The van der Waals surface area contributed by atoms with Gasteiger partial charge in [-0.15, -0.1) is 0 Å². The maximum absolute atomic E-state index is 12.4. The average molecular weight is 344 g/mol. The molecule has 0 bridgehead atoms. The summed E-state index contributed by atoms with van der Waals surface area (Å²) in [5.41, 5.74) is 0.707. The van der Waals surface area contributed by atoms with Crippen LogP contribution in [-0.2, 0) is 20.0 Å². The van der Waals surface area contributed by atoms with Crippen molar-refractivity contribution < 1.29 is 21.3 Å². The van der Waals surface area contributed by atoms with E-state index in [1.54, 1.807) is 13.8 Å². The minimum Gasteiger partial charge on any atom is -0.465 e. The van der Waals surface area contributed by atoms with Crippen LogP contribution in [0.15, 0.2) is 38.5 Å². The van der Waals surface area contributed by atoms with E-state index in [1.807, 2.05) is 0 Å². The summed E-state index contributed by atoms with van der Waals surface area (Å²) < 4.78 is 55.1. The molecule has 0 saturated heterocycles. The number of nitrogens with one attached hydrogen (secondary N) is 1. The number of sulfonamides is 2. The third kappa shape index (κ3) is 3.32. The summed E-state index contributed by atoms with van der Waals surface area (Å²) in [5.74, 6) is 0.720. The fraction of sp³-hybridized carbons (Fsp3) is 0.231. The first-order valence-electron chi connectivity index (χ1n) is 6.24. The van der Waals surface area contributed by atoms with Gasteiger partial charge in [0.2, 0.25) is 10.0 Å². The van der Waals surface area contributed by atoms with E-state index in [2.05, 4.69) is 4.72 Å². The Morgan fingerprint density at radius 1 is 1.05 bits per heavy atom. The largest absolute Gasteiger partial charge is 0.465 e. The predicted molar refractivity (Wildman–Crippen MR) is 81.5 cm³/mol. The van der Waals surface area contributed by atoms with Crippen LogP contribution >= 0.6 is 0 Å². The van der Waals surface area contributed by atoms with Gasteiger partial charge in [-0.05, 0) is 38.5 Å². The monoisotopic (exact) mass is 344 g/mol. The number of rotatable bonds is 4. The molecule has 0 aliphatic rings. The quantitative estimate of drug-likeness (QED) is 0.874. The van der Waals surface area contributed by atoms with Crippen LogP contribution in [0.5, 0.6) is 0 Å². The molecule has 1 heterocycles. The first-order chi connectivity index (χ1) is 10.0. The topological polar surface area (TPSA) is 119 Å². The van der Waals surface area contributed by atoms with Gasteiger partial charge >= 0.3 is 0 Å². The van der Waals surface area contributed by atoms with Crippen LogP contribution in [-0.4, -0.2) is 16.8 Å². The zero-order valence-electron chi connectivity index (χ0n) is 12.2. The second kappa shape index (κ2) is 5.41. The van der Waals surface area contributed by atoms with Crippen LogP contribution in [0.1, 0.15) is 17.1 Å². The molecule has 3 N–H and O–H groups in total. The van der Waals surface area contributed by atoms with E-state index in [-0.39, 0.29) is 21.2 Å². The van der Waals surface area contributed by atoms with E-state index in [0.717, 1.165) is 0 Å². The van der Waals surface area contributed by atoms with Gasteiger partial charge in [-0.2, -0.15) is 0 Å². The molecule has 22 heavy (non-hydrogen) atoms. The Morgan fingerprint density at radius 2 is 1.68 bits per heavy atom. The molecule has 0 aliphatic carbocycles. The Balaban J connectivity index is 2.48. The first kappa shape index (κ1) is 16.5. The second-order valence-corrected chi connectivity index (χ2v) is 8.12. The van der Waals surface area contributed by atoms with Gasteiger partial charge in [-0.25, -0.2) is 22.0 Å². The van der Waals surface area contributed by atoms with Crippen molar-refractivity contribution in [2.75, 3.05) is 4.72 Å². The molecule has 0 amide bonds. The lowest BCUT2D eigenvalue weighted by Gasteiger charge is -2.11. The number of hydrogen-bond acceptors (Lipinski definition) is 5. The van der Waals surface area contributed by atoms with Gasteiger partial charge < -0.3 is 4.42 Å². The van der Waals surface area contributed by atoms with Crippen LogP contribution < -0.4 is 9.86 Å². The zero-order valence-corrected chi connectivity index (χ0v) is 13.9. The third-order valence-electron chi connectivity index (χ3n) is 3.07. The number of nitrogens with two attached hydrogens (primary N) is 1. The van der Waals surface area contributed by atoms with Crippen molar-refractivity contribution in [1.29, 1.82) is 0 Å². The SMILES string of the molecule is Cc1cc(S(=O)(=O)Nc2cc(S(N)(=O)=O)ccc2C)c(C)o1. The predicted octanol–water partition coefficient (Wildman–Crippen LogP) is 1.65. The molecule has 2 rings (SSSR count). The summed E-state index contributed by atoms with van der Waals surface area (Å²) in [7, 11) is -7.81. The highest BCUT2D eigenvalue weighted by atomic mass is 32.2. The maximum Gasteiger partial charge on any atom is 0.265 e. The highest BCUT2D eigenvalue weighted by Gasteiger charge is 2.22. The van der Waals surface area contributed by atoms with Crippen LogP contribution in [0.25, 0.3) is 0 Å². The summed E-state index contributed by atoms with van der Waals surface area (Å²) in [5, 5.41) is 5.06. The lowest BCUT2D eigenvalue weighted by molar-refractivity contribution is 0.496. The van der Waals surface area contributed by atoms with Gasteiger partial charge in [-0.1, -0.05) is 6.07 Å². The molecule has 7 nitrogen and oxygen atoms in total. The summed E-state index contributed by atoms with van der Waals surface area (Å²) in [6, 6.07) is 5.38. The summed E-state index contributed by atoms with van der Waals surface area (Å²) in [4.78, 5) is -0.165. The van der Waals surface area contributed by atoms with E-state index in [4.69, 9.17) is 9.56 Å². The molecule has 0 atom stereocenters. The number of hydrogen-bond donors (Lipinski definition) is 2. The first-order valence-corrected chi connectivity index (χ1v) is 9.27. The normalized spacial score (nSPS) is 12.4. The molecule has 120 valence electrons. The summed E-state index contributed by atoms with van der Waals surface area (Å²) >= 11 is 0. The van der Waals surface area contributed by atoms with Crippen LogP contribution in [0, 0.1) is 20.8 Å². The molecule has 1 aromatic carbocycles. The highest BCUT2D eigenvalue weighted by Crippen LogP contribution is 2.25. The Bertz CT molecular complexity index is 927. The van der Waals surface area contributed by atoms with Crippen LogP contribution in [0.4, 0.5) is 5.69 Å². The fourth-order valence-corrected chi connectivity index (χ4v) is 3.86.